The van der Waals surface area contributed by atoms with Gasteiger partial charge in [0.2, 0.25) is 0 Å². The van der Waals surface area contributed by atoms with E-state index in [-0.39, 0.29) is 0 Å². The molecule has 0 fully saturated rings. The van der Waals surface area contributed by atoms with E-state index in [2.05, 4.69) is 15.3 Å². The molecule has 4 nitrogen and oxygen atoms in total. The van der Waals surface area contributed by atoms with E-state index in [0.717, 1.165) is 11.3 Å². The van der Waals surface area contributed by atoms with Crippen LogP contribution in [-0.2, 0) is 5.60 Å². The molecule has 0 bridgehead atoms. The second-order valence-corrected chi connectivity index (χ2v) is 5.52. The summed E-state index contributed by atoms with van der Waals surface area (Å²) in [5.74, 6) is 1.41. The lowest BCUT2D eigenvalue weighted by Crippen LogP contribution is -2.31. The molecule has 2 rings (SSSR count). The van der Waals surface area contributed by atoms with E-state index in [1.54, 1.807) is 19.1 Å². The number of halogens is 1. The lowest BCUT2D eigenvalue weighted by atomic mass is 9.96. The smallest absolute Gasteiger partial charge is 0.130 e. The van der Waals surface area contributed by atoms with Crippen LogP contribution in [0.5, 0.6) is 0 Å². The Hall–Kier alpha value is -1.65. The van der Waals surface area contributed by atoms with E-state index in [4.69, 9.17) is 11.6 Å². The molecule has 106 valence electrons. The number of aromatic nitrogens is 2. The van der Waals surface area contributed by atoms with Crippen LogP contribution in [-0.4, -0.2) is 21.6 Å². The van der Waals surface area contributed by atoms with Crippen molar-refractivity contribution >= 4 is 17.4 Å². The Morgan fingerprint density at radius 3 is 2.65 bits per heavy atom. The fraction of sp³-hybridized carbons (Fsp3) is 0.333. The molecule has 1 atom stereocenters. The highest BCUT2D eigenvalue weighted by molar-refractivity contribution is 6.30. The van der Waals surface area contributed by atoms with Crippen LogP contribution in [0.25, 0.3) is 0 Å². The summed E-state index contributed by atoms with van der Waals surface area (Å²) in [5.41, 5.74) is 0.625. The molecule has 1 aromatic heterocycles. The lowest BCUT2D eigenvalue weighted by molar-refractivity contribution is 0.0714. The molecule has 2 N–H and O–H groups in total. The van der Waals surface area contributed by atoms with Gasteiger partial charge < -0.3 is 10.4 Å². The van der Waals surface area contributed by atoms with Gasteiger partial charge in [-0.3, -0.25) is 0 Å². The Kier molecular flexibility index (Phi) is 4.26. The number of anilines is 1. The topological polar surface area (TPSA) is 58.0 Å². The molecule has 5 heteroatoms. The van der Waals surface area contributed by atoms with Crippen molar-refractivity contribution in [2.24, 2.45) is 0 Å². The summed E-state index contributed by atoms with van der Waals surface area (Å²) in [6.07, 6.45) is 0. The fourth-order valence-corrected chi connectivity index (χ4v) is 2.19. The number of aryl methyl sites for hydroxylation is 2. The Labute approximate surface area is 123 Å². The molecule has 0 saturated carbocycles. The van der Waals surface area contributed by atoms with Crippen molar-refractivity contribution in [1.29, 1.82) is 0 Å². The monoisotopic (exact) mass is 291 g/mol. The third-order valence-corrected chi connectivity index (χ3v) is 3.26. The predicted octanol–water partition coefficient (Wildman–Crippen LogP) is 3.07. The van der Waals surface area contributed by atoms with Crippen LogP contribution in [0, 0.1) is 13.8 Å². The zero-order valence-electron chi connectivity index (χ0n) is 11.8. The summed E-state index contributed by atoms with van der Waals surface area (Å²) in [6.45, 7) is 5.83. The second-order valence-electron chi connectivity index (χ2n) is 5.08. The van der Waals surface area contributed by atoms with E-state index in [0.29, 0.717) is 23.2 Å². The van der Waals surface area contributed by atoms with Gasteiger partial charge in [-0.2, -0.15) is 0 Å². The number of nitrogens with zero attached hydrogens (tertiary/aromatic N) is 2. The predicted molar refractivity (Wildman–Crippen MR) is 81.0 cm³/mol. The highest BCUT2D eigenvalue weighted by Crippen LogP contribution is 2.23. The first-order valence-corrected chi connectivity index (χ1v) is 6.79. The van der Waals surface area contributed by atoms with Crippen molar-refractivity contribution in [2.75, 3.05) is 11.9 Å². The SMILES string of the molecule is Cc1cc(NCC(C)(O)c2cccc(Cl)c2)nc(C)n1. The molecule has 1 unspecified atom stereocenters. The largest absolute Gasteiger partial charge is 0.384 e. The summed E-state index contributed by atoms with van der Waals surface area (Å²) >= 11 is 5.96. The highest BCUT2D eigenvalue weighted by Gasteiger charge is 2.23. The van der Waals surface area contributed by atoms with Gasteiger partial charge in [0.25, 0.3) is 0 Å². The standard InChI is InChI=1S/C15H18ClN3O/c1-10-7-14(19-11(2)18-10)17-9-15(3,20)12-5-4-6-13(16)8-12/h4-8,20H,9H2,1-3H3,(H,17,18,19). The van der Waals surface area contributed by atoms with Crippen LogP contribution in [0.2, 0.25) is 5.02 Å². The maximum Gasteiger partial charge on any atom is 0.130 e. The second kappa shape index (κ2) is 5.77. The molecule has 0 spiro atoms. The maximum atomic E-state index is 10.5. The molecule has 2 aromatic rings. The molecule has 20 heavy (non-hydrogen) atoms. The van der Waals surface area contributed by atoms with Gasteiger partial charge in [0.1, 0.15) is 17.2 Å². The van der Waals surface area contributed by atoms with Crippen molar-refractivity contribution in [1.82, 2.24) is 9.97 Å². The average molecular weight is 292 g/mol. The first-order chi connectivity index (χ1) is 9.37. The molecule has 1 heterocycles. The molecule has 0 amide bonds. The van der Waals surface area contributed by atoms with E-state index in [1.807, 2.05) is 32.0 Å². The number of hydrogen-bond donors (Lipinski definition) is 2. The van der Waals surface area contributed by atoms with Crippen molar-refractivity contribution in [2.45, 2.75) is 26.4 Å². The Morgan fingerprint density at radius 2 is 2.00 bits per heavy atom. The maximum absolute atomic E-state index is 10.5. The van der Waals surface area contributed by atoms with Gasteiger partial charge in [-0.05, 0) is 38.5 Å². The summed E-state index contributed by atoms with van der Waals surface area (Å²) in [6, 6.07) is 9.07. The van der Waals surface area contributed by atoms with E-state index >= 15 is 0 Å². The third kappa shape index (κ3) is 3.68. The normalized spacial score (nSPS) is 13.8. The van der Waals surface area contributed by atoms with Crippen LogP contribution in [0.3, 0.4) is 0 Å². The first-order valence-electron chi connectivity index (χ1n) is 6.41. The van der Waals surface area contributed by atoms with Crippen LogP contribution in [0.1, 0.15) is 24.0 Å². The zero-order valence-corrected chi connectivity index (χ0v) is 12.6. The van der Waals surface area contributed by atoms with E-state index < -0.39 is 5.60 Å². The van der Waals surface area contributed by atoms with Crippen molar-refractivity contribution < 1.29 is 5.11 Å². The summed E-state index contributed by atoms with van der Waals surface area (Å²) in [5, 5.41) is 14.3. The lowest BCUT2D eigenvalue weighted by Gasteiger charge is -2.24. The number of rotatable bonds is 4. The molecular weight excluding hydrogens is 274 g/mol. The van der Waals surface area contributed by atoms with Gasteiger partial charge in [-0.25, -0.2) is 9.97 Å². The highest BCUT2D eigenvalue weighted by atomic mass is 35.5. The molecule has 0 aliphatic carbocycles. The third-order valence-electron chi connectivity index (χ3n) is 3.03. The van der Waals surface area contributed by atoms with Crippen molar-refractivity contribution in [3.63, 3.8) is 0 Å². The number of hydrogen-bond acceptors (Lipinski definition) is 4. The Morgan fingerprint density at radius 1 is 1.25 bits per heavy atom. The number of nitrogens with one attached hydrogen (secondary N) is 1. The summed E-state index contributed by atoms with van der Waals surface area (Å²) < 4.78 is 0. The van der Waals surface area contributed by atoms with Gasteiger partial charge in [-0.15, -0.1) is 0 Å². The number of aliphatic hydroxyl groups is 1. The molecule has 0 aliphatic rings. The van der Waals surface area contributed by atoms with E-state index in [1.165, 1.54) is 0 Å². The van der Waals surface area contributed by atoms with Crippen LogP contribution in [0.4, 0.5) is 5.82 Å². The van der Waals surface area contributed by atoms with Crippen molar-refractivity contribution in [3.05, 3.63) is 52.4 Å². The summed E-state index contributed by atoms with van der Waals surface area (Å²) in [7, 11) is 0. The minimum Gasteiger partial charge on any atom is -0.384 e. The van der Waals surface area contributed by atoms with Crippen LogP contribution < -0.4 is 5.32 Å². The van der Waals surface area contributed by atoms with Gasteiger partial charge in [0.15, 0.2) is 0 Å². The van der Waals surface area contributed by atoms with Gasteiger partial charge >= 0.3 is 0 Å². The quantitative estimate of drug-likeness (QED) is 0.909. The van der Waals surface area contributed by atoms with Crippen molar-refractivity contribution in [3.8, 4) is 0 Å². The molecule has 0 radical (unpaired) electrons. The fourth-order valence-electron chi connectivity index (χ4n) is 2.00. The number of benzene rings is 1. The molecule has 0 aliphatic heterocycles. The summed E-state index contributed by atoms with van der Waals surface area (Å²) in [4.78, 5) is 8.51. The van der Waals surface area contributed by atoms with Crippen LogP contribution in [0.15, 0.2) is 30.3 Å². The molecular formula is C15H18ClN3O. The van der Waals surface area contributed by atoms with Gasteiger partial charge in [-0.1, -0.05) is 23.7 Å². The van der Waals surface area contributed by atoms with Crippen LogP contribution >= 0.6 is 11.6 Å². The average Bonchev–Trinajstić information content (AvgIpc) is 2.35. The Bertz CT molecular complexity index is 594. The van der Waals surface area contributed by atoms with Gasteiger partial charge in [0, 0.05) is 23.3 Å². The van der Waals surface area contributed by atoms with Gasteiger partial charge in [0.05, 0.1) is 0 Å². The minimum atomic E-state index is -1.03. The molecule has 1 aromatic carbocycles. The Balaban J connectivity index is 2.12. The minimum absolute atomic E-state index is 0.337. The molecule has 0 saturated heterocycles. The zero-order chi connectivity index (χ0) is 14.8. The first kappa shape index (κ1) is 14.8. The van der Waals surface area contributed by atoms with E-state index in [9.17, 15) is 5.11 Å².